The number of aliphatic hydroxyl groups is 1. The number of hydrogen-bond acceptors (Lipinski definition) is 2. The number of rotatable bonds is 2. The van der Waals surface area contributed by atoms with E-state index in [1.165, 1.54) is 32.1 Å². The molecule has 102 valence electrons. The Kier molecular flexibility index (Phi) is 3.88. The molecular formula is C17H22O2. The van der Waals surface area contributed by atoms with Gasteiger partial charge < -0.3 is 9.52 Å². The van der Waals surface area contributed by atoms with Crippen molar-refractivity contribution in [2.75, 3.05) is 0 Å². The molecule has 0 saturated heterocycles. The lowest BCUT2D eigenvalue weighted by molar-refractivity contribution is 0.0726. The van der Waals surface area contributed by atoms with Gasteiger partial charge >= 0.3 is 0 Å². The van der Waals surface area contributed by atoms with Gasteiger partial charge in [-0.2, -0.15) is 0 Å². The summed E-state index contributed by atoms with van der Waals surface area (Å²) in [5.74, 6) is 1.10. The summed E-state index contributed by atoms with van der Waals surface area (Å²) < 4.78 is 5.81. The molecule has 0 aliphatic heterocycles. The van der Waals surface area contributed by atoms with E-state index in [4.69, 9.17) is 4.42 Å². The standard InChI is InChI=1S/C17H22O2/c18-17(13-8-4-2-1-3-5-9-13)16-12-14-10-6-7-11-15(14)19-16/h6-7,10-13,17-18H,1-5,8-9H2. The zero-order valence-electron chi connectivity index (χ0n) is 11.3. The van der Waals surface area contributed by atoms with Crippen LogP contribution in [0, 0.1) is 5.92 Å². The van der Waals surface area contributed by atoms with Crippen molar-refractivity contribution in [3.8, 4) is 0 Å². The first-order chi connectivity index (χ1) is 9.34. The lowest BCUT2D eigenvalue weighted by atomic mass is 9.86. The Morgan fingerprint density at radius 3 is 2.42 bits per heavy atom. The SMILES string of the molecule is OC(c1cc2ccccc2o1)C1CCCCCCC1. The summed E-state index contributed by atoms with van der Waals surface area (Å²) >= 11 is 0. The molecule has 1 aliphatic rings. The van der Waals surface area contributed by atoms with E-state index in [-0.39, 0.29) is 0 Å². The van der Waals surface area contributed by atoms with E-state index in [1.807, 2.05) is 30.3 Å². The normalized spacial score (nSPS) is 20.1. The Morgan fingerprint density at radius 2 is 1.68 bits per heavy atom. The molecule has 0 spiro atoms. The van der Waals surface area contributed by atoms with E-state index in [0.29, 0.717) is 5.92 Å². The second kappa shape index (κ2) is 5.79. The molecule has 2 aromatic rings. The summed E-state index contributed by atoms with van der Waals surface area (Å²) in [5, 5.41) is 11.7. The van der Waals surface area contributed by atoms with Gasteiger partial charge in [-0.15, -0.1) is 0 Å². The van der Waals surface area contributed by atoms with Gasteiger partial charge in [0.15, 0.2) is 0 Å². The summed E-state index contributed by atoms with van der Waals surface area (Å²) in [6.07, 6.45) is 8.26. The van der Waals surface area contributed by atoms with Crippen LogP contribution in [0.4, 0.5) is 0 Å². The van der Waals surface area contributed by atoms with Crippen molar-refractivity contribution in [3.63, 3.8) is 0 Å². The monoisotopic (exact) mass is 258 g/mol. The molecule has 2 heteroatoms. The molecule has 1 aromatic carbocycles. The Labute approximate surface area is 114 Å². The van der Waals surface area contributed by atoms with E-state index >= 15 is 0 Å². The Balaban J connectivity index is 1.79. The Hall–Kier alpha value is -1.28. The Bertz CT molecular complexity index is 488. The number of para-hydroxylation sites is 1. The lowest BCUT2D eigenvalue weighted by Crippen LogP contribution is -2.13. The fourth-order valence-electron chi connectivity index (χ4n) is 3.18. The fourth-order valence-corrected chi connectivity index (χ4v) is 3.18. The first kappa shape index (κ1) is 12.7. The van der Waals surface area contributed by atoms with Gasteiger partial charge in [-0.3, -0.25) is 0 Å². The van der Waals surface area contributed by atoms with E-state index in [9.17, 15) is 5.11 Å². The number of aliphatic hydroxyl groups excluding tert-OH is 1. The zero-order valence-corrected chi connectivity index (χ0v) is 11.3. The molecule has 1 atom stereocenters. The fraction of sp³-hybridized carbons (Fsp3) is 0.529. The average molecular weight is 258 g/mol. The van der Waals surface area contributed by atoms with Crippen LogP contribution >= 0.6 is 0 Å². The maximum absolute atomic E-state index is 10.6. The maximum atomic E-state index is 10.6. The number of furan rings is 1. The highest BCUT2D eigenvalue weighted by atomic mass is 16.4. The third-order valence-electron chi connectivity index (χ3n) is 4.33. The van der Waals surface area contributed by atoms with Crippen molar-refractivity contribution in [1.82, 2.24) is 0 Å². The van der Waals surface area contributed by atoms with Crippen LogP contribution in [0.3, 0.4) is 0 Å². The molecule has 0 radical (unpaired) electrons. The average Bonchev–Trinajstić information content (AvgIpc) is 2.81. The van der Waals surface area contributed by atoms with Gasteiger partial charge in [-0.1, -0.05) is 50.3 Å². The smallest absolute Gasteiger partial charge is 0.134 e. The minimum absolute atomic E-state index is 0.362. The number of hydrogen-bond donors (Lipinski definition) is 1. The predicted molar refractivity (Wildman–Crippen MR) is 77.0 cm³/mol. The minimum Gasteiger partial charge on any atom is -0.458 e. The topological polar surface area (TPSA) is 33.4 Å². The van der Waals surface area contributed by atoms with E-state index in [2.05, 4.69) is 0 Å². The van der Waals surface area contributed by atoms with Gasteiger partial charge in [0, 0.05) is 5.39 Å². The molecule has 1 aromatic heterocycles. The first-order valence-electron chi connectivity index (χ1n) is 7.51. The van der Waals surface area contributed by atoms with Crippen LogP contribution in [0.1, 0.15) is 56.8 Å². The van der Waals surface area contributed by atoms with Crippen LogP contribution in [-0.4, -0.2) is 5.11 Å². The van der Waals surface area contributed by atoms with Crippen molar-refractivity contribution in [1.29, 1.82) is 0 Å². The summed E-state index contributed by atoms with van der Waals surface area (Å²) in [4.78, 5) is 0. The van der Waals surface area contributed by atoms with Crippen molar-refractivity contribution < 1.29 is 9.52 Å². The van der Waals surface area contributed by atoms with Crippen LogP contribution in [-0.2, 0) is 0 Å². The van der Waals surface area contributed by atoms with E-state index in [1.54, 1.807) is 0 Å². The van der Waals surface area contributed by atoms with Crippen LogP contribution in [0.2, 0.25) is 0 Å². The molecule has 3 rings (SSSR count). The molecule has 0 bridgehead atoms. The summed E-state index contributed by atoms with van der Waals surface area (Å²) in [6.45, 7) is 0. The second-order valence-corrected chi connectivity index (χ2v) is 5.74. The lowest BCUT2D eigenvalue weighted by Gasteiger charge is -2.23. The molecular weight excluding hydrogens is 236 g/mol. The van der Waals surface area contributed by atoms with Gasteiger partial charge in [0.1, 0.15) is 17.4 Å². The van der Waals surface area contributed by atoms with Crippen molar-refractivity contribution >= 4 is 11.0 Å². The molecule has 1 saturated carbocycles. The van der Waals surface area contributed by atoms with Gasteiger partial charge in [-0.25, -0.2) is 0 Å². The highest BCUT2D eigenvalue weighted by molar-refractivity contribution is 5.77. The zero-order chi connectivity index (χ0) is 13.1. The van der Waals surface area contributed by atoms with Gasteiger partial charge in [0.05, 0.1) is 0 Å². The van der Waals surface area contributed by atoms with Crippen molar-refractivity contribution in [2.45, 2.75) is 51.0 Å². The van der Waals surface area contributed by atoms with Crippen LogP contribution < -0.4 is 0 Å². The summed E-state index contributed by atoms with van der Waals surface area (Å²) in [5.41, 5.74) is 0.877. The highest BCUT2D eigenvalue weighted by Gasteiger charge is 2.24. The third kappa shape index (κ3) is 2.84. The molecule has 19 heavy (non-hydrogen) atoms. The Morgan fingerprint density at radius 1 is 1.00 bits per heavy atom. The van der Waals surface area contributed by atoms with Crippen LogP contribution in [0.15, 0.2) is 34.7 Å². The molecule has 1 N–H and O–H groups in total. The molecule has 1 aliphatic carbocycles. The van der Waals surface area contributed by atoms with Gasteiger partial charge in [-0.05, 0) is 30.9 Å². The van der Waals surface area contributed by atoms with E-state index in [0.717, 1.165) is 29.6 Å². The largest absolute Gasteiger partial charge is 0.458 e. The number of fused-ring (bicyclic) bond motifs is 1. The van der Waals surface area contributed by atoms with Crippen LogP contribution in [0.5, 0.6) is 0 Å². The molecule has 0 amide bonds. The van der Waals surface area contributed by atoms with Crippen molar-refractivity contribution in [3.05, 3.63) is 36.1 Å². The second-order valence-electron chi connectivity index (χ2n) is 5.74. The van der Waals surface area contributed by atoms with Gasteiger partial charge in [0.2, 0.25) is 0 Å². The summed E-state index contributed by atoms with van der Waals surface area (Å²) in [7, 11) is 0. The quantitative estimate of drug-likeness (QED) is 0.837. The highest BCUT2D eigenvalue weighted by Crippen LogP contribution is 2.35. The first-order valence-corrected chi connectivity index (χ1v) is 7.51. The molecule has 2 nitrogen and oxygen atoms in total. The summed E-state index contributed by atoms with van der Waals surface area (Å²) in [6, 6.07) is 9.97. The molecule has 1 heterocycles. The number of benzene rings is 1. The van der Waals surface area contributed by atoms with Crippen molar-refractivity contribution in [2.24, 2.45) is 5.92 Å². The van der Waals surface area contributed by atoms with Crippen LogP contribution in [0.25, 0.3) is 11.0 Å². The molecule has 1 fully saturated rings. The maximum Gasteiger partial charge on any atom is 0.134 e. The minimum atomic E-state index is -0.439. The third-order valence-corrected chi connectivity index (χ3v) is 4.33. The van der Waals surface area contributed by atoms with E-state index < -0.39 is 6.10 Å². The predicted octanol–water partition coefficient (Wildman–Crippen LogP) is 4.83. The van der Waals surface area contributed by atoms with Gasteiger partial charge in [0.25, 0.3) is 0 Å². The molecule has 1 unspecified atom stereocenters.